The molecule has 4 heteroatoms. The van der Waals surface area contributed by atoms with Crippen LogP contribution in [0.5, 0.6) is 0 Å². The molecule has 0 bridgehead atoms. The normalized spacial score (nSPS) is 10.2. The van der Waals surface area contributed by atoms with Crippen LogP contribution in [0.25, 0.3) is 10.6 Å². The highest BCUT2D eigenvalue weighted by molar-refractivity contribution is 7.18. The second-order valence-electron chi connectivity index (χ2n) is 2.78. The van der Waals surface area contributed by atoms with Crippen LogP contribution < -0.4 is 5.73 Å². The predicted octanol–water partition coefficient (Wildman–Crippen LogP) is 2.10. The van der Waals surface area contributed by atoms with Gasteiger partial charge in [0.15, 0.2) is 5.13 Å². The van der Waals surface area contributed by atoms with E-state index in [0.29, 0.717) is 5.13 Å². The number of nitrogens with two attached hydrogens (primary N) is 1. The van der Waals surface area contributed by atoms with Crippen LogP contribution in [0.2, 0.25) is 0 Å². The van der Waals surface area contributed by atoms with Gasteiger partial charge < -0.3 is 5.73 Å². The van der Waals surface area contributed by atoms with Gasteiger partial charge in [0.1, 0.15) is 0 Å². The molecule has 0 radical (unpaired) electrons. The molecule has 0 spiro atoms. The van der Waals surface area contributed by atoms with Gasteiger partial charge in [0.2, 0.25) is 0 Å². The summed E-state index contributed by atoms with van der Waals surface area (Å²) in [6, 6.07) is 4.00. The number of nitrogens with zero attached hydrogens (tertiary/aromatic N) is 2. The predicted molar refractivity (Wildman–Crippen MR) is 54.5 cm³/mol. The molecule has 0 saturated carbocycles. The first kappa shape index (κ1) is 8.19. The molecule has 2 heterocycles. The summed E-state index contributed by atoms with van der Waals surface area (Å²) >= 11 is 1.45. The van der Waals surface area contributed by atoms with E-state index in [4.69, 9.17) is 5.73 Å². The van der Waals surface area contributed by atoms with Crippen LogP contribution in [-0.4, -0.2) is 9.97 Å². The lowest BCUT2D eigenvalue weighted by Gasteiger charge is -1.95. The maximum Gasteiger partial charge on any atom is 0.180 e. The molecule has 0 aliphatic rings. The third kappa shape index (κ3) is 1.67. The van der Waals surface area contributed by atoms with Crippen LogP contribution in [0, 0.1) is 6.92 Å². The quantitative estimate of drug-likeness (QED) is 0.751. The summed E-state index contributed by atoms with van der Waals surface area (Å²) in [6.45, 7) is 2.01. The molecule has 0 unspecified atom stereocenters. The summed E-state index contributed by atoms with van der Waals surface area (Å²) in [5, 5.41) is 0.581. The number of aryl methyl sites for hydroxylation is 1. The van der Waals surface area contributed by atoms with E-state index in [0.717, 1.165) is 16.1 Å². The molecule has 2 aromatic heterocycles. The van der Waals surface area contributed by atoms with E-state index in [1.54, 1.807) is 6.20 Å². The zero-order chi connectivity index (χ0) is 9.26. The lowest BCUT2D eigenvalue weighted by molar-refractivity contribution is 1.27. The fourth-order valence-electron chi connectivity index (χ4n) is 1.02. The molecule has 0 fully saturated rings. The van der Waals surface area contributed by atoms with E-state index >= 15 is 0 Å². The number of hydrogen-bond donors (Lipinski definition) is 1. The lowest BCUT2D eigenvalue weighted by Crippen LogP contribution is -1.80. The molecule has 0 aliphatic heterocycles. The summed E-state index contributed by atoms with van der Waals surface area (Å²) in [5.74, 6) is 0. The van der Waals surface area contributed by atoms with E-state index in [1.165, 1.54) is 11.3 Å². The van der Waals surface area contributed by atoms with Gasteiger partial charge in [-0.1, -0.05) is 17.4 Å². The van der Waals surface area contributed by atoms with Crippen LogP contribution in [-0.2, 0) is 0 Å². The van der Waals surface area contributed by atoms with Crippen molar-refractivity contribution in [1.82, 2.24) is 9.97 Å². The van der Waals surface area contributed by atoms with Crippen molar-refractivity contribution in [2.45, 2.75) is 6.92 Å². The Bertz CT molecular complexity index is 405. The van der Waals surface area contributed by atoms with E-state index < -0.39 is 0 Å². The van der Waals surface area contributed by atoms with Crippen molar-refractivity contribution in [2.24, 2.45) is 0 Å². The van der Waals surface area contributed by atoms with Gasteiger partial charge >= 0.3 is 0 Å². The van der Waals surface area contributed by atoms with Crippen molar-refractivity contribution >= 4 is 16.5 Å². The van der Waals surface area contributed by atoms with Gasteiger partial charge in [-0.2, -0.15) is 0 Å². The highest BCUT2D eigenvalue weighted by Gasteiger charge is 2.02. The second-order valence-corrected chi connectivity index (χ2v) is 3.85. The Hall–Kier alpha value is -1.42. The Morgan fingerprint density at radius 1 is 1.23 bits per heavy atom. The van der Waals surface area contributed by atoms with Crippen LogP contribution in [0.3, 0.4) is 0 Å². The topological polar surface area (TPSA) is 51.8 Å². The molecule has 0 aromatic carbocycles. The SMILES string of the molecule is Cc1ccc(-c2cnc(N)s2)nc1. The number of aromatic nitrogens is 2. The van der Waals surface area contributed by atoms with Crippen LogP contribution in [0.4, 0.5) is 5.13 Å². The van der Waals surface area contributed by atoms with Gasteiger partial charge in [0.05, 0.1) is 10.6 Å². The molecule has 2 rings (SSSR count). The molecule has 0 aliphatic carbocycles. The van der Waals surface area contributed by atoms with Crippen molar-refractivity contribution in [3.8, 4) is 10.6 Å². The van der Waals surface area contributed by atoms with Crippen molar-refractivity contribution in [3.05, 3.63) is 30.1 Å². The van der Waals surface area contributed by atoms with Gasteiger partial charge in [-0.15, -0.1) is 0 Å². The van der Waals surface area contributed by atoms with Gasteiger partial charge in [-0.3, -0.25) is 4.98 Å². The molecule has 0 amide bonds. The average Bonchev–Trinajstić information content (AvgIpc) is 2.53. The highest BCUT2D eigenvalue weighted by Crippen LogP contribution is 2.25. The number of pyridine rings is 1. The summed E-state index contributed by atoms with van der Waals surface area (Å²) in [6.07, 6.45) is 3.59. The molecule has 0 saturated heterocycles. The maximum atomic E-state index is 5.53. The zero-order valence-corrected chi connectivity index (χ0v) is 8.01. The molecule has 13 heavy (non-hydrogen) atoms. The van der Waals surface area contributed by atoms with Crippen molar-refractivity contribution in [1.29, 1.82) is 0 Å². The van der Waals surface area contributed by atoms with Crippen molar-refractivity contribution in [2.75, 3.05) is 5.73 Å². The first-order chi connectivity index (χ1) is 6.25. The van der Waals surface area contributed by atoms with Gasteiger partial charge in [-0.05, 0) is 18.6 Å². The van der Waals surface area contributed by atoms with E-state index in [-0.39, 0.29) is 0 Å². The molecule has 66 valence electrons. The Morgan fingerprint density at radius 3 is 2.62 bits per heavy atom. The van der Waals surface area contributed by atoms with E-state index in [1.807, 2.05) is 25.3 Å². The third-order valence-electron chi connectivity index (χ3n) is 1.69. The minimum atomic E-state index is 0.581. The van der Waals surface area contributed by atoms with E-state index in [2.05, 4.69) is 9.97 Å². The summed E-state index contributed by atoms with van der Waals surface area (Å²) < 4.78 is 0. The van der Waals surface area contributed by atoms with Crippen LogP contribution in [0.1, 0.15) is 5.56 Å². The number of rotatable bonds is 1. The largest absolute Gasteiger partial charge is 0.375 e. The summed E-state index contributed by atoms with van der Waals surface area (Å²) in [4.78, 5) is 9.26. The Balaban J connectivity index is 2.41. The summed E-state index contributed by atoms with van der Waals surface area (Å²) in [5.41, 5.74) is 7.61. The molecule has 2 aromatic rings. The Labute approximate surface area is 80.3 Å². The Morgan fingerprint density at radius 2 is 2.08 bits per heavy atom. The minimum absolute atomic E-state index is 0.581. The first-order valence-corrected chi connectivity index (χ1v) is 4.72. The third-order valence-corrected chi connectivity index (χ3v) is 2.54. The highest BCUT2D eigenvalue weighted by atomic mass is 32.1. The van der Waals surface area contributed by atoms with Gasteiger partial charge in [0.25, 0.3) is 0 Å². The molecular weight excluding hydrogens is 182 g/mol. The van der Waals surface area contributed by atoms with Crippen molar-refractivity contribution in [3.63, 3.8) is 0 Å². The first-order valence-electron chi connectivity index (χ1n) is 3.90. The fraction of sp³-hybridized carbons (Fsp3) is 0.111. The minimum Gasteiger partial charge on any atom is -0.375 e. The number of thiazole rings is 1. The number of anilines is 1. The smallest absolute Gasteiger partial charge is 0.180 e. The van der Waals surface area contributed by atoms with Crippen LogP contribution in [0.15, 0.2) is 24.5 Å². The molecule has 0 atom stereocenters. The standard InChI is InChI=1S/C9H9N3S/c1-6-2-3-7(11-4-6)8-5-12-9(10)13-8/h2-5H,1H3,(H2,10,12). The number of nitrogen functional groups attached to an aromatic ring is 1. The molecule has 3 nitrogen and oxygen atoms in total. The Kier molecular flexibility index (Phi) is 1.98. The molecular formula is C9H9N3S. The fourth-order valence-corrected chi connectivity index (χ4v) is 1.68. The second kappa shape index (κ2) is 3.14. The zero-order valence-electron chi connectivity index (χ0n) is 7.19. The average molecular weight is 191 g/mol. The molecule has 2 N–H and O–H groups in total. The monoisotopic (exact) mass is 191 g/mol. The van der Waals surface area contributed by atoms with E-state index in [9.17, 15) is 0 Å². The number of hydrogen-bond acceptors (Lipinski definition) is 4. The van der Waals surface area contributed by atoms with Gasteiger partial charge in [-0.25, -0.2) is 4.98 Å². The summed E-state index contributed by atoms with van der Waals surface area (Å²) in [7, 11) is 0. The lowest BCUT2D eigenvalue weighted by atomic mass is 10.2. The van der Waals surface area contributed by atoms with Crippen molar-refractivity contribution < 1.29 is 0 Å². The van der Waals surface area contributed by atoms with Crippen LogP contribution >= 0.6 is 11.3 Å². The maximum absolute atomic E-state index is 5.53. The van der Waals surface area contributed by atoms with Gasteiger partial charge in [0, 0.05) is 12.4 Å².